The van der Waals surface area contributed by atoms with Crippen LogP contribution >= 0.6 is 0 Å². The molecule has 120 valence electrons. The molecule has 0 radical (unpaired) electrons. The van der Waals surface area contributed by atoms with E-state index in [-0.39, 0.29) is 11.8 Å². The average molecular weight is 309 g/mol. The van der Waals surface area contributed by atoms with Crippen LogP contribution in [0.25, 0.3) is 0 Å². The van der Waals surface area contributed by atoms with E-state index in [0.717, 1.165) is 29.7 Å². The van der Waals surface area contributed by atoms with Gasteiger partial charge in [-0.3, -0.25) is 4.79 Å². The Bertz CT molecular complexity index is 650. The largest absolute Gasteiger partial charge is 0.377 e. The van der Waals surface area contributed by atoms with Crippen LogP contribution < -0.4 is 5.32 Å². The van der Waals surface area contributed by atoms with Gasteiger partial charge < -0.3 is 10.1 Å². The molecule has 0 aromatic heterocycles. The molecule has 1 amide bonds. The Kier molecular flexibility index (Phi) is 5.09. The molecule has 3 nitrogen and oxygen atoms in total. The molecule has 2 aromatic carbocycles. The fourth-order valence-electron chi connectivity index (χ4n) is 2.91. The van der Waals surface area contributed by atoms with Crippen molar-refractivity contribution < 1.29 is 9.53 Å². The van der Waals surface area contributed by atoms with Crippen LogP contribution in [-0.2, 0) is 16.1 Å². The number of carbonyl (C=O) groups excluding carboxylic acids is 1. The van der Waals surface area contributed by atoms with E-state index in [1.807, 2.05) is 61.5 Å². The molecule has 2 aromatic rings. The molecule has 1 saturated carbocycles. The van der Waals surface area contributed by atoms with Gasteiger partial charge in [0.1, 0.15) is 0 Å². The minimum absolute atomic E-state index is 0.0493. The van der Waals surface area contributed by atoms with Gasteiger partial charge in [0.15, 0.2) is 0 Å². The fraction of sp³-hybridized carbons (Fsp3) is 0.350. The van der Waals surface area contributed by atoms with Gasteiger partial charge in [0, 0.05) is 12.3 Å². The summed E-state index contributed by atoms with van der Waals surface area (Å²) in [5.74, 6) is 0.517. The smallest absolute Gasteiger partial charge is 0.232 e. The minimum atomic E-state index is -0.0493. The van der Waals surface area contributed by atoms with E-state index in [2.05, 4.69) is 5.32 Å². The SMILES string of the molecule is CCOCc1cccc(NC(=O)[C@H](c2ccccc2)C2CC2)c1. The number of benzene rings is 2. The number of anilines is 1. The van der Waals surface area contributed by atoms with Crippen LogP contribution in [0, 0.1) is 5.92 Å². The minimum Gasteiger partial charge on any atom is -0.377 e. The highest BCUT2D eigenvalue weighted by Crippen LogP contribution is 2.43. The van der Waals surface area contributed by atoms with Gasteiger partial charge in [0.25, 0.3) is 0 Å². The van der Waals surface area contributed by atoms with Gasteiger partial charge in [-0.15, -0.1) is 0 Å². The lowest BCUT2D eigenvalue weighted by Crippen LogP contribution is -2.22. The van der Waals surface area contributed by atoms with Crippen LogP contribution in [0.4, 0.5) is 5.69 Å². The van der Waals surface area contributed by atoms with E-state index in [4.69, 9.17) is 4.74 Å². The normalized spacial score (nSPS) is 15.2. The topological polar surface area (TPSA) is 38.3 Å². The number of rotatable bonds is 7. The third kappa shape index (κ3) is 4.20. The number of carbonyl (C=O) groups is 1. The zero-order valence-electron chi connectivity index (χ0n) is 13.5. The highest BCUT2D eigenvalue weighted by atomic mass is 16.5. The van der Waals surface area contributed by atoms with Crippen molar-refractivity contribution in [1.29, 1.82) is 0 Å². The first-order valence-electron chi connectivity index (χ1n) is 8.30. The third-order valence-electron chi connectivity index (χ3n) is 4.20. The number of hydrogen-bond acceptors (Lipinski definition) is 2. The summed E-state index contributed by atoms with van der Waals surface area (Å²) in [7, 11) is 0. The van der Waals surface area contributed by atoms with Gasteiger partial charge in [0.05, 0.1) is 12.5 Å². The van der Waals surface area contributed by atoms with Gasteiger partial charge in [-0.25, -0.2) is 0 Å². The first kappa shape index (κ1) is 15.8. The maximum Gasteiger partial charge on any atom is 0.232 e. The van der Waals surface area contributed by atoms with Crippen LogP contribution in [0.2, 0.25) is 0 Å². The first-order chi connectivity index (χ1) is 11.3. The Labute approximate surface area is 137 Å². The predicted molar refractivity (Wildman–Crippen MR) is 92.3 cm³/mol. The molecule has 1 aliphatic rings. The summed E-state index contributed by atoms with van der Waals surface area (Å²) >= 11 is 0. The van der Waals surface area contributed by atoms with Gasteiger partial charge in [-0.1, -0.05) is 42.5 Å². The van der Waals surface area contributed by atoms with Crippen LogP contribution in [0.5, 0.6) is 0 Å². The molecule has 1 fully saturated rings. The molecular weight excluding hydrogens is 286 g/mol. The van der Waals surface area contributed by atoms with E-state index in [1.54, 1.807) is 0 Å². The van der Waals surface area contributed by atoms with Gasteiger partial charge in [-0.05, 0) is 48.9 Å². The predicted octanol–water partition coefficient (Wildman–Crippen LogP) is 4.36. The van der Waals surface area contributed by atoms with Crippen molar-refractivity contribution in [3.8, 4) is 0 Å². The van der Waals surface area contributed by atoms with E-state index in [9.17, 15) is 4.79 Å². The Morgan fingerprint density at radius 2 is 1.96 bits per heavy atom. The molecule has 0 aliphatic heterocycles. The lowest BCUT2D eigenvalue weighted by atomic mass is 9.93. The Balaban J connectivity index is 1.72. The molecule has 1 atom stereocenters. The maximum absolute atomic E-state index is 12.8. The van der Waals surface area contributed by atoms with Gasteiger partial charge in [0.2, 0.25) is 5.91 Å². The summed E-state index contributed by atoms with van der Waals surface area (Å²) < 4.78 is 5.43. The Morgan fingerprint density at radius 1 is 1.17 bits per heavy atom. The number of ether oxygens (including phenoxy) is 1. The summed E-state index contributed by atoms with van der Waals surface area (Å²) in [5, 5.41) is 3.08. The standard InChI is InChI=1S/C20H23NO2/c1-2-23-14-15-7-6-10-18(13-15)21-20(22)19(17-11-12-17)16-8-4-3-5-9-16/h3-10,13,17,19H,2,11-12,14H2,1H3,(H,21,22)/t19-/m1/s1. The van der Waals surface area contributed by atoms with Crippen molar-refractivity contribution in [2.75, 3.05) is 11.9 Å². The number of amides is 1. The van der Waals surface area contributed by atoms with Gasteiger partial charge in [-0.2, -0.15) is 0 Å². The van der Waals surface area contributed by atoms with Crippen molar-refractivity contribution in [2.45, 2.75) is 32.3 Å². The van der Waals surface area contributed by atoms with Crippen LogP contribution in [0.15, 0.2) is 54.6 Å². The van der Waals surface area contributed by atoms with E-state index in [1.165, 1.54) is 0 Å². The molecule has 1 aliphatic carbocycles. The number of nitrogens with one attached hydrogen (secondary N) is 1. The zero-order valence-corrected chi connectivity index (χ0v) is 13.5. The summed E-state index contributed by atoms with van der Waals surface area (Å²) in [6.45, 7) is 3.24. The third-order valence-corrected chi connectivity index (χ3v) is 4.20. The maximum atomic E-state index is 12.8. The summed E-state index contributed by atoms with van der Waals surface area (Å²) in [6, 6.07) is 18.0. The molecule has 0 unspecified atom stereocenters. The quantitative estimate of drug-likeness (QED) is 0.825. The summed E-state index contributed by atoms with van der Waals surface area (Å²) in [5.41, 5.74) is 3.03. The van der Waals surface area contributed by atoms with E-state index in [0.29, 0.717) is 19.1 Å². The van der Waals surface area contributed by atoms with Crippen LogP contribution in [-0.4, -0.2) is 12.5 Å². The van der Waals surface area contributed by atoms with Gasteiger partial charge >= 0.3 is 0 Å². The molecule has 23 heavy (non-hydrogen) atoms. The van der Waals surface area contributed by atoms with Crippen molar-refractivity contribution in [1.82, 2.24) is 0 Å². The molecule has 3 heteroatoms. The molecule has 0 bridgehead atoms. The zero-order chi connectivity index (χ0) is 16.1. The fourth-order valence-corrected chi connectivity index (χ4v) is 2.91. The Morgan fingerprint density at radius 3 is 2.65 bits per heavy atom. The lowest BCUT2D eigenvalue weighted by Gasteiger charge is -2.17. The van der Waals surface area contributed by atoms with Crippen molar-refractivity contribution in [3.05, 3.63) is 65.7 Å². The molecule has 1 N–H and O–H groups in total. The molecule has 0 heterocycles. The molecule has 3 rings (SSSR count). The average Bonchev–Trinajstić information content (AvgIpc) is 3.39. The van der Waals surface area contributed by atoms with E-state index >= 15 is 0 Å². The summed E-state index contributed by atoms with van der Waals surface area (Å²) in [6.07, 6.45) is 2.27. The number of hydrogen-bond donors (Lipinski definition) is 1. The van der Waals surface area contributed by atoms with E-state index < -0.39 is 0 Å². The summed E-state index contributed by atoms with van der Waals surface area (Å²) in [4.78, 5) is 12.8. The van der Waals surface area contributed by atoms with Crippen LogP contribution in [0.3, 0.4) is 0 Å². The molecular formula is C20H23NO2. The highest BCUT2D eigenvalue weighted by molar-refractivity contribution is 5.96. The second kappa shape index (κ2) is 7.42. The van der Waals surface area contributed by atoms with Crippen molar-refractivity contribution >= 4 is 11.6 Å². The second-order valence-corrected chi connectivity index (χ2v) is 6.05. The van der Waals surface area contributed by atoms with Crippen molar-refractivity contribution in [3.63, 3.8) is 0 Å². The highest BCUT2D eigenvalue weighted by Gasteiger charge is 2.37. The van der Waals surface area contributed by atoms with Crippen molar-refractivity contribution in [2.24, 2.45) is 5.92 Å². The Hall–Kier alpha value is -2.13. The first-order valence-corrected chi connectivity index (χ1v) is 8.30. The monoisotopic (exact) mass is 309 g/mol. The molecule has 0 saturated heterocycles. The molecule has 0 spiro atoms. The lowest BCUT2D eigenvalue weighted by molar-refractivity contribution is -0.118. The van der Waals surface area contributed by atoms with Crippen LogP contribution in [0.1, 0.15) is 36.8 Å². The second-order valence-electron chi connectivity index (χ2n) is 6.05.